The van der Waals surface area contributed by atoms with E-state index in [1.54, 1.807) is 11.8 Å². The molecule has 3 rings (SSSR count). The molecule has 0 bridgehead atoms. The lowest BCUT2D eigenvalue weighted by molar-refractivity contribution is -0.115. The summed E-state index contributed by atoms with van der Waals surface area (Å²) in [5.74, 6) is 1.37. The number of carbonyl (C=O) groups is 1. The number of nitrogens with zero attached hydrogens (tertiary/aromatic N) is 2. The monoisotopic (exact) mass is 349 g/mol. The maximum atomic E-state index is 12.5. The van der Waals surface area contributed by atoms with E-state index in [0.29, 0.717) is 12.2 Å². The minimum Gasteiger partial charge on any atom is -0.497 e. The van der Waals surface area contributed by atoms with Crippen molar-refractivity contribution >= 4 is 11.7 Å². The van der Waals surface area contributed by atoms with Gasteiger partial charge in [-0.05, 0) is 61.7 Å². The van der Waals surface area contributed by atoms with Crippen LogP contribution >= 0.6 is 0 Å². The number of methoxy groups -OCH3 is 1. The van der Waals surface area contributed by atoms with Gasteiger partial charge in [0.15, 0.2) is 0 Å². The van der Waals surface area contributed by atoms with Crippen LogP contribution in [-0.2, 0) is 11.2 Å². The van der Waals surface area contributed by atoms with Crippen LogP contribution in [0.4, 0.5) is 5.82 Å². The number of aryl methyl sites for hydroxylation is 3. The first-order chi connectivity index (χ1) is 12.4. The van der Waals surface area contributed by atoms with E-state index in [1.807, 2.05) is 37.3 Å². The highest BCUT2D eigenvalue weighted by Gasteiger charge is 2.12. The van der Waals surface area contributed by atoms with Crippen LogP contribution in [0.25, 0.3) is 5.69 Å². The van der Waals surface area contributed by atoms with Crippen molar-refractivity contribution in [3.8, 4) is 11.4 Å². The normalized spacial score (nSPS) is 10.6. The Morgan fingerprint density at radius 1 is 1.04 bits per heavy atom. The lowest BCUT2D eigenvalue weighted by Gasteiger charge is -2.11. The first-order valence-electron chi connectivity index (χ1n) is 8.53. The maximum Gasteiger partial charge on any atom is 0.229 e. The summed E-state index contributed by atoms with van der Waals surface area (Å²) in [4.78, 5) is 12.5. The Morgan fingerprint density at radius 3 is 2.31 bits per heavy atom. The maximum absolute atomic E-state index is 12.5. The van der Waals surface area contributed by atoms with Gasteiger partial charge in [0, 0.05) is 6.07 Å². The van der Waals surface area contributed by atoms with Gasteiger partial charge in [-0.15, -0.1) is 0 Å². The standard InChI is InChI=1S/C21H23N3O2/c1-14-9-15(2)11-18(10-14)24-20(12-16(3)23-24)22-21(25)13-17-5-7-19(26-4)8-6-17/h5-12H,13H2,1-4H3,(H,22,25). The second-order valence-corrected chi connectivity index (χ2v) is 6.50. The van der Waals surface area contributed by atoms with Crippen LogP contribution in [0.2, 0.25) is 0 Å². The van der Waals surface area contributed by atoms with E-state index in [0.717, 1.165) is 33.8 Å². The van der Waals surface area contributed by atoms with Crippen LogP contribution < -0.4 is 10.1 Å². The van der Waals surface area contributed by atoms with Crippen molar-refractivity contribution in [2.75, 3.05) is 12.4 Å². The van der Waals surface area contributed by atoms with Gasteiger partial charge in [0.2, 0.25) is 5.91 Å². The van der Waals surface area contributed by atoms with Gasteiger partial charge in [0.1, 0.15) is 11.6 Å². The van der Waals surface area contributed by atoms with E-state index < -0.39 is 0 Å². The Hall–Kier alpha value is -3.08. The number of anilines is 1. The molecule has 1 amide bonds. The number of nitrogens with one attached hydrogen (secondary N) is 1. The van der Waals surface area contributed by atoms with Gasteiger partial charge in [0.05, 0.1) is 24.9 Å². The molecule has 0 saturated carbocycles. The third-order valence-corrected chi connectivity index (χ3v) is 4.07. The van der Waals surface area contributed by atoms with Crippen molar-refractivity contribution in [1.29, 1.82) is 0 Å². The molecule has 134 valence electrons. The molecule has 0 aliphatic carbocycles. The minimum atomic E-state index is -0.0827. The fraction of sp³-hybridized carbons (Fsp3) is 0.238. The third kappa shape index (κ3) is 4.11. The van der Waals surface area contributed by atoms with Gasteiger partial charge in [-0.25, -0.2) is 4.68 Å². The molecule has 0 unspecified atom stereocenters. The Bertz CT molecular complexity index is 907. The third-order valence-electron chi connectivity index (χ3n) is 4.07. The Kier molecular flexibility index (Phi) is 5.07. The highest BCUT2D eigenvalue weighted by atomic mass is 16.5. The van der Waals surface area contributed by atoms with E-state index >= 15 is 0 Å². The van der Waals surface area contributed by atoms with Crippen LogP contribution in [0.1, 0.15) is 22.4 Å². The molecule has 5 nitrogen and oxygen atoms in total. The van der Waals surface area contributed by atoms with Crippen molar-refractivity contribution in [3.05, 3.63) is 70.9 Å². The zero-order valence-electron chi connectivity index (χ0n) is 15.5. The summed E-state index contributed by atoms with van der Waals surface area (Å²) < 4.78 is 6.92. The number of hydrogen-bond donors (Lipinski definition) is 1. The zero-order valence-corrected chi connectivity index (χ0v) is 15.5. The van der Waals surface area contributed by atoms with Crippen molar-refractivity contribution in [3.63, 3.8) is 0 Å². The number of ether oxygens (including phenoxy) is 1. The summed E-state index contributed by atoms with van der Waals surface area (Å²) >= 11 is 0. The molecular weight excluding hydrogens is 326 g/mol. The fourth-order valence-electron chi connectivity index (χ4n) is 2.97. The number of benzene rings is 2. The Morgan fingerprint density at radius 2 is 1.69 bits per heavy atom. The molecule has 0 aliphatic heterocycles. The number of amides is 1. The van der Waals surface area contributed by atoms with Gasteiger partial charge in [-0.1, -0.05) is 18.2 Å². The summed E-state index contributed by atoms with van der Waals surface area (Å²) in [6, 6.07) is 15.6. The molecule has 0 saturated heterocycles. The smallest absolute Gasteiger partial charge is 0.229 e. The molecule has 1 heterocycles. The molecule has 3 aromatic rings. The van der Waals surface area contributed by atoms with Crippen molar-refractivity contribution < 1.29 is 9.53 Å². The van der Waals surface area contributed by atoms with Crippen LogP contribution in [-0.4, -0.2) is 22.8 Å². The number of hydrogen-bond acceptors (Lipinski definition) is 3. The minimum absolute atomic E-state index is 0.0827. The SMILES string of the molecule is COc1ccc(CC(=O)Nc2cc(C)nn2-c2cc(C)cc(C)c2)cc1. The summed E-state index contributed by atoms with van der Waals surface area (Å²) in [7, 11) is 1.62. The molecule has 0 aliphatic rings. The molecular formula is C21H23N3O2. The van der Waals surface area contributed by atoms with Gasteiger partial charge >= 0.3 is 0 Å². The largest absolute Gasteiger partial charge is 0.497 e. The first-order valence-corrected chi connectivity index (χ1v) is 8.53. The van der Waals surface area contributed by atoms with Gasteiger partial charge in [-0.3, -0.25) is 4.79 Å². The second-order valence-electron chi connectivity index (χ2n) is 6.50. The van der Waals surface area contributed by atoms with Gasteiger partial charge in [-0.2, -0.15) is 5.10 Å². The molecule has 26 heavy (non-hydrogen) atoms. The van der Waals surface area contributed by atoms with Gasteiger partial charge in [0.25, 0.3) is 0 Å². The highest BCUT2D eigenvalue weighted by Crippen LogP contribution is 2.20. The van der Waals surface area contributed by atoms with Crippen LogP contribution in [0.5, 0.6) is 5.75 Å². The van der Waals surface area contributed by atoms with E-state index in [4.69, 9.17) is 4.74 Å². The Labute approximate surface area is 153 Å². The predicted octanol–water partition coefficient (Wildman–Crippen LogP) is 3.99. The summed E-state index contributed by atoms with van der Waals surface area (Å²) in [6.45, 7) is 6.02. The highest BCUT2D eigenvalue weighted by molar-refractivity contribution is 5.91. The van der Waals surface area contributed by atoms with E-state index in [9.17, 15) is 4.79 Å². The first kappa shape index (κ1) is 17.7. The molecule has 2 aromatic carbocycles. The van der Waals surface area contributed by atoms with Crippen molar-refractivity contribution in [2.45, 2.75) is 27.2 Å². The van der Waals surface area contributed by atoms with Crippen molar-refractivity contribution in [1.82, 2.24) is 9.78 Å². The molecule has 0 fully saturated rings. The average molecular weight is 349 g/mol. The van der Waals surface area contributed by atoms with Gasteiger partial charge < -0.3 is 10.1 Å². The number of aromatic nitrogens is 2. The van der Waals surface area contributed by atoms with Crippen LogP contribution in [0.3, 0.4) is 0 Å². The molecule has 0 atom stereocenters. The summed E-state index contributed by atoms with van der Waals surface area (Å²) in [5, 5.41) is 7.51. The topological polar surface area (TPSA) is 56.1 Å². The van der Waals surface area contributed by atoms with E-state index in [1.165, 1.54) is 0 Å². The molecule has 1 N–H and O–H groups in total. The molecule has 0 spiro atoms. The molecule has 1 aromatic heterocycles. The quantitative estimate of drug-likeness (QED) is 0.758. The second kappa shape index (κ2) is 7.44. The van der Waals surface area contributed by atoms with Crippen LogP contribution in [0.15, 0.2) is 48.5 Å². The average Bonchev–Trinajstić information content (AvgIpc) is 2.95. The number of rotatable bonds is 5. The van der Waals surface area contributed by atoms with Crippen molar-refractivity contribution in [2.24, 2.45) is 0 Å². The summed E-state index contributed by atoms with van der Waals surface area (Å²) in [5.41, 5.74) is 5.03. The fourth-order valence-corrected chi connectivity index (χ4v) is 2.97. The predicted molar refractivity (Wildman–Crippen MR) is 103 cm³/mol. The summed E-state index contributed by atoms with van der Waals surface area (Å²) in [6.07, 6.45) is 0.293. The zero-order chi connectivity index (χ0) is 18.7. The number of carbonyl (C=O) groups excluding carboxylic acids is 1. The Balaban J connectivity index is 1.80. The molecule has 5 heteroatoms. The lowest BCUT2D eigenvalue weighted by atomic mass is 10.1. The molecule has 0 radical (unpaired) electrons. The van der Waals surface area contributed by atoms with Crippen LogP contribution in [0, 0.1) is 20.8 Å². The lowest BCUT2D eigenvalue weighted by Crippen LogP contribution is -2.17. The van der Waals surface area contributed by atoms with E-state index in [-0.39, 0.29) is 5.91 Å². The van der Waals surface area contributed by atoms with E-state index in [2.05, 4.69) is 42.5 Å².